The molecule has 0 aliphatic heterocycles. The highest BCUT2D eigenvalue weighted by molar-refractivity contribution is 5.01. The number of hydrogen-bond donors (Lipinski definition) is 0. The van der Waals surface area contributed by atoms with E-state index in [9.17, 15) is 0 Å². The molecule has 0 saturated carbocycles. The molecular weight excluding hydrogens is 136 g/mol. The van der Waals surface area contributed by atoms with E-state index in [1.54, 1.807) is 6.92 Å². The molecule has 0 fully saturated rings. The lowest BCUT2D eigenvalue weighted by molar-refractivity contribution is 0.199. The zero-order valence-electron chi connectivity index (χ0n) is 7.13. The first kappa shape index (κ1) is 10.0. The Kier molecular flexibility index (Phi) is 8.18. The van der Waals surface area contributed by atoms with Crippen LogP contribution >= 0.6 is 0 Å². The van der Waals surface area contributed by atoms with E-state index in [1.807, 2.05) is 31.2 Å². The summed E-state index contributed by atoms with van der Waals surface area (Å²) in [5.74, 6) is 5.57. The smallest absolute Gasteiger partial charge is 0.108 e. The second-order valence-corrected chi connectivity index (χ2v) is 1.90. The summed E-state index contributed by atoms with van der Waals surface area (Å²) in [6.45, 7) is 4.95. The Morgan fingerprint density at radius 1 is 1.36 bits per heavy atom. The standard InChI is InChI=1S/C10H14O/c1-3-5-7-8-10-11-9-6-4-2/h3,5,7-8H,9-10H2,1-2H3/b5-3-,8-7+. The maximum Gasteiger partial charge on any atom is 0.108 e. The van der Waals surface area contributed by atoms with E-state index >= 15 is 0 Å². The summed E-state index contributed by atoms with van der Waals surface area (Å²) >= 11 is 0. The second kappa shape index (κ2) is 9.00. The molecule has 0 aliphatic rings. The Bertz CT molecular complexity index is 179. The van der Waals surface area contributed by atoms with Crippen molar-refractivity contribution in [2.75, 3.05) is 13.2 Å². The van der Waals surface area contributed by atoms with Gasteiger partial charge in [-0.3, -0.25) is 0 Å². The van der Waals surface area contributed by atoms with Crippen LogP contribution in [0.3, 0.4) is 0 Å². The molecule has 0 amide bonds. The minimum absolute atomic E-state index is 0.524. The Morgan fingerprint density at radius 2 is 2.18 bits per heavy atom. The summed E-state index contributed by atoms with van der Waals surface area (Å²) in [4.78, 5) is 0. The molecule has 60 valence electrons. The molecule has 0 saturated heterocycles. The van der Waals surface area contributed by atoms with Crippen molar-refractivity contribution in [1.29, 1.82) is 0 Å². The van der Waals surface area contributed by atoms with Crippen LogP contribution in [0.25, 0.3) is 0 Å². The monoisotopic (exact) mass is 150 g/mol. The third-order valence-electron chi connectivity index (χ3n) is 1.00. The molecule has 0 N–H and O–H groups in total. The zero-order valence-corrected chi connectivity index (χ0v) is 7.13. The predicted molar refractivity (Wildman–Crippen MR) is 48.2 cm³/mol. The van der Waals surface area contributed by atoms with E-state index < -0.39 is 0 Å². The molecule has 11 heavy (non-hydrogen) atoms. The van der Waals surface area contributed by atoms with Crippen molar-refractivity contribution in [3.8, 4) is 11.8 Å². The van der Waals surface area contributed by atoms with Gasteiger partial charge in [0.15, 0.2) is 0 Å². The summed E-state index contributed by atoms with van der Waals surface area (Å²) in [5.41, 5.74) is 0. The average molecular weight is 150 g/mol. The van der Waals surface area contributed by atoms with E-state index in [2.05, 4.69) is 11.8 Å². The molecule has 0 spiro atoms. The highest BCUT2D eigenvalue weighted by atomic mass is 16.5. The Morgan fingerprint density at radius 3 is 2.82 bits per heavy atom. The first-order valence-corrected chi connectivity index (χ1v) is 3.67. The van der Waals surface area contributed by atoms with E-state index in [4.69, 9.17) is 4.74 Å². The van der Waals surface area contributed by atoms with Crippen LogP contribution in [0.4, 0.5) is 0 Å². The van der Waals surface area contributed by atoms with Crippen LogP contribution in [0.15, 0.2) is 24.3 Å². The van der Waals surface area contributed by atoms with Crippen LogP contribution in [-0.4, -0.2) is 13.2 Å². The van der Waals surface area contributed by atoms with Crippen molar-refractivity contribution >= 4 is 0 Å². The fraction of sp³-hybridized carbons (Fsp3) is 0.400. The van der Waals surface area contributed by atoms with Crippen molar-refractivity contribution in [1.82, 2.24) is 0 Å². The molecule has 0 aromatic rings. The quantitative estimate of drug-likeness (QED) is 0.339. The van der Waals surface area contributed by atoms with Gasteiger partial charge in [-0.1, -0.05) is 30.2 Å². The van der Waals surface area contributed by atoms with Gasteiger partial charge >= 0.3 is 0 Å². The first-order chi connectivity index (χ1) is 5.41. The van der Waals surface area contributed by atoms with Gasteiger partial charge in [-0.2, -0.15) is 0 Å². The molecule has 0 heterocycles. The van der Waals surface area contributed by atoms with E-state index in [0.717, 1.165) is 0 Å². The molecule has 0 aliphatic carbocycles. The number of ether oxygens (including phenoxy) is 1. The molecule has 0 bridgehead atoms. The lowest BCUT2D eigenvalue weighted by Gasteiger charge is -1.90. The van der Waals surface area contributed by atoms with Crippen molar-refractivity contribution in [3.05, 3.63) is 24.3 Å². The molecule has 0 rings (SSSR count). The Hall–Kier alpha value is -1.00. The fourth-order valence-corrected chi connectivity index (χ4v) is 0.495. The average Bonchev–Trinajstić information content (AvgIpc) is 2.03. The SMILES string of the molecule is CC#CCOC/C=C/C=C\C. The normalized spacial score (nSPS) is 10.4. The molecule has 0 aromatic carbocycles. The van der Waals surface area contributed by atoms with Gasteiger partial charge in [-0.15, -0.1) is 5.92 Å². The minimum Gasteiger partial charge on any atom is -0.365 e. The minimum atomic E-state index is 0.524. The van der Waals surface area contributed by atoms with Crippen LogP contribution in [0.5, 0.6) is 0 Å². The van der Waals surface area contributed by atoms with Gasteiger partial charge in [0.1, 0.15) is 6.61 Å². The third kappa shape index (κ3) is 9.00. The highest BCUT2D eigenvalue weighted by Gasteiger charge is 1.74. The second-order valence-electron chi connectivity index (χ2n) is 1.90. The van der Waals surface area contributed by atoms with Gasteiger partial charge in [0, 0.05) is 0 Å². The Labute approximate surface area is 68.8 Å². The predicted octanol–water partition coefficient (Wildman–Crippen LogP) is 2.16. The number of hydrogen-bond acceptors (Lipinski definition) is 1. The van der Waals surface area contributed by atoms with Crippen molar-refractivity contribution < 1.29 is 4.74 Å². The van der Waals surface area contributed by atoms with Gasteiger partial charge in [0.05, 0.1) is 6.61 Å². The van der Waals surface area contributed by atoms with Gasteiger partial charge in [-0.05, 0) is 13.8 Å². The van der Waals surface area contributed by atoms with Crippen molar-refractivity contribution in [2.24, 2.45) is 0 Å². The molecular formula is C10H14O. The molecule has 1 heteroatoms. The lowest BCUT2D eigenvalue weighted by atomic mass is 10.4. The van der Waals surface area contributed by atoms with E-state index in [1.165, 1.54) is 0 Å². The van der Waals surface area contributed by atoms with E-state index in [-0.39, 0.29) is 0 Å². The maximum absolute atomic E-state index is 5.13. The van der Waals surface area contributed by atoms with Crippen molar-refractivity contribution in [3.63, 3.8) is 0 Å². The number of allylic oxidation sites excluding steroid dienone is 3. The van der Waals surface area contributed by atoms with Gasteiger partial charge < -0.3 is 4.74 Å². The highest BCUT2D eigenvalue weighted by Crippen LogP contribution is 1.78. The third-order valence-corrected chi connectivity index (χ3v) is 1.00. The zero-order chi connectivity index (χ0) is 8.36. The summed E-state index contributed by atoms with van der Waals surface area (Å²) in [6.07, 6.45) is 7.86. The molecule has 1 nitrogen and oxygen atoms in total. The van der Waals surface area contributed by atoms with Crippen LogP contribution in [0, 0.1) is 11.8 Å². The summed E-state index contributed by atoms with van der Waals surface area (Å²) < 4.78 is 5.13. The largest absolute Gasteiger partial charge is 0.365 e. The molecule has 0 unspecified atom stereocenters. The Balaban J connectivity index is 3.18. The van der Waals surface area contributed by atoms with Crippen LogP contribution in [0.1, 0.15) is 13.8 Å². The number of rotatable bonds is 4. The van der Waals surface area contributed by atoms with Crippen LogP contribution < -0.4 is 0 Å². The van der Waals surface area contributed by atoms with E-state index in [0.29, 0.717) is 13.2 Å². The topological polar surface area (TPSA) is 9.23 Å². The van der Waals surface area contributed by atoms with Crippen molar-refractivity contribution in [2.45, 2.75) is 13.8 Å². The van der Waals surface area contributed by atoms with Gasteiger partial charge in [0.25, 0.3) is 0 Å². The summed E-state index contributed by atoms with van der Waals surface area (Å²) in [6, 6.07) is 0. The first-order valence-electron chi connectivity index (χ1n) is 3.67. The molecule has 0 radical (unpaired) electrons. The van der Waals surface area contributed by atoms with Gasteiger partial charge in [-0.25, -0.2) is 0 Å². The summed E-state index contributed by atoms with van der Waals surface area (Å²) in [7, 11) is 0. The van der Waals surface area contributed by atoms with Crippen LogP contribution in [0.2, 0.25) is 0 Å². The van der Waals surface area contributed by atoms with Crippen LogP contribution in [-0.2, 0) is 4.74 Å². The molecule has 0 atom stereocenters. The summed E-state index contributed by atoms with van der Waals surface area (Å²) in [5, 5.41) is 0. The fourth-order valence-electron chi connectivity index (χ4n) is 0.495. The lowest BCUT2D eigenvalue weighted by Crippen LogP contribution is -1.89. The molecule has 0 aromatic heterocycles. The van der Waals surface area contributed by atoms with Gasteiger partial charge in [0.2, 0.25) is 0 Å². The maximum atomic E-state index is 5.13.